The Morgan fingerprint density at radius 1 is 1.44 bits per heavy atom. The van der Waals surface area contributed by atoms with Crippen molar-refractivity contribution in [2.45, 2.75) is 6.92 Å². The molecule has 1 radical (unpaired) electrons. The molecule has 0 unspecified atom stereocenters. The van der Waals surface area contributed by atoms with E-state index in [9.17, 15) is 0 Å². The largest absolute Gasteiger partial charge is 0.759 e. The Morgan fingerprint density at radius 3 is 1.44 bits per heavy atom. The third kappa shape index (κ3) is 492. The summed E-state index contributed by atoms with van der Waals surface area (Å²) in [4.78, 5) is 0. The molecule has 0 saturated heterocycles. The summed E-state index contributed by atoms with van der Waals surface area (Å²) >= 11 is 0. The first-order chi connectivity index (χ1) is 3.41. The molecule has 0 fully saturated rings. The Labute approximate surface area is 78.9 Å². The fourth-order valence-electron chi connectivity index (χ4n) is 0. The maximum atomic E-state index is 8.52. The van der Waals surface area contributed by atoms with E-state index in [0.29, 0.717) is 0 Å². The van der Waals surface area contributed by atoms with Gasteiger partial charge in [0.2, 0.25) is 0 Å². The third-order valence-corrected chi connectivity index (χ3v) is 0. The molecule has 0 aromatic heterocycles. The van der Waals surface area contributed by atoms with Crippen molar-refractivity contribution >= 4 is 10.4 Å². The Balaban J connectivity index is -0.0000000800. The van der Waals surface area contributed by atoms with Gasteiger partial charge in [0.15, 0.2) is 0 Å². The van der Waals surface area contributed by atoms with E-state index in [1.165, 1.54) is 0 Å². The second-order valence-corrected chi connectivity index (χ2v) is 1.54. The molecule has 0 spiro atoms. The quantitative estimate of drug-likeness (QED) is 0.410. The molecular weight excluding hydrogens is 225 g/mol. The number of aliphatic hydroxyl groups is 1. The molecule has 0 amide bonds. The number of hydrogen-bond acceptors (Lipinski definition) is 5. The molecule has 0 aromatic carbocycles. The van der Waals surface area contributed by atoms with Crippen LogP contribution in [0.5, 0.6) is 0 Å². The van der Waals surface area contributed by atoms with Gasteiger partial charge in [0.1, 0.15) is 0 Å². The van der Waals surface area contributed by atoms with Crippen LogP contribution in [0.25, 0.3) is 0 Å². The normalized spacial score (nSPS) is 8.44. The predicted octanol–water partition coefficient (Wildman–Crippen LogP) is -1.34. The van der Waals surface area contributed by atoms with Gasteiger partial charge in [-0.3, -0.25) is 8.42 Å². The molecule has 0 bridgehead atoms. The minimum Gasteiger partial charge on any atom is -0.759 e. The minimum atomic E-state index is -5.17. The van der Waals surface area contributed by atoms with E-state index in [2.05, 4.69) is 0 Å². The predicted molar refractivity (Wildman–Crippen MR) is 23.2 cm³/mol. The zero-order valence-corrected chi connectivity index (χ0v) is 8.43. The maximum absolute atomic E-state index is 8.52. The molecule has 0 aliphatic rings. The van der Waals surface area contributed by atoms with E-state index in [1.54, 1.807) is 6.92 Å². The average molecular weight is 231 g/mol. The Morgan fingerprint density at radius 2 is 1.44 bits per heavy atom. The average Bonchev–Trinajstić information content (AvgIpc) is 1.27. The summed E-state index contributed by atoms with van der Waals surface area (Å²) in [5.74, 6) is 0. The molecule has 0 aliphatic carbocycles. The van der Waals surface area contributed by atoms with Gasteiger partial charge in [0.05, 0.1) is 0 Å². The summed E-state index contributed by atoms with van der Waals surface area (Å²) in [5, 5.41) is 7.57. The van der Waals surface area contributed by atoms with E-state index in [0.717, 1.165) is 0 Å². The fraction of sp³-hybridized carbons (Fsp3) is 1.00. The molecule has 9 heavy (non-hydrogen) atoms. The van der Waals surface area contributed by atoms with Gasteiger partial charge in [-0.05, 0) is 6.92 Å². The first kappa shape index (κ1) is 16.5. The van der Waals surface area contributed by atoms with Crippen LogP contribution in [0.4, 0.5) is 0 Å². The summed E-state index contributed by atoms with van der Waals surface area (Å²) in [6, 6.07) is 0. The minimum absolute atomic E-state index is 0. The molecule has 5 nitrogen and oxygen atoms in total. The second kappa shape index (κ2) is 8.93. The van der Waals surface area contributed by atoms with Gasteiger partial charge in [-0.2, -0.15) is 0 Å². The van der Waals surface area contributed by atoms with Crippen LogP contribution >= 0.6 is 0 Å². The Hall–Kier alpha value is 0.934. The molecule has 7 heteroatoms. The van der Waals surface area contributed by atoms with E-state index < -0.39 is 10.4 Å². The first-order valence-electron chi connectivity index (χ1n) is 1.69. The van der Waals surface area contributed by atoms with Crippen LogP contribution in [0.3, 0.4) is 0 Å². The van der Waals surface area contributed by atoms with Gasteiger partial charge < -0.3 is 14.2 Å². The van der Waals surface area contributed by atoms with Crippen LogP contribution in [-0.2, 0) is 43.1 Å². The summed E-state index contributed by atoms with van der Waals surface area (Å²) < 4.78 is 34.1. The second-order valence-electron chi connectivity index (χ2n) is 0.724. The van der Waals surface area contributed by atoms with Gasteiger partial charge in [0, 0.05) is 49.7 Å². The van der Waals surface area contributed by atoms with Gasteiger partial charge in [-0.25, -0.2) is 0 Å². The molecule has 0 aromatic rings. The summed E-state index contributed by atoms with van der Waals surface area (Å²) in [6.07, 6.45) is 0. The van der Waals surface area contributed by atoms with Crippen molar-refractivity contribution in [1.29, 1.82) is 0 Å². The zero-order chi connectivity index (χ0) is 7.21. The number of rotatable bonds is 0. The van der Waals surface area contributed by atoms with Gasteiger partial charge in [-0.1, -0.05) is 0 Å². The molecule has 0 heterocycles. The van der Waals surface area contributed by atoms with Gasteiger partial charge in [0.25, 0.3) is 0 Å². The van der Waals surface area contributed by atoms with Crippen molar-refractivity contribution in [3.8, 4) is 0 Å². The molecule has 0 aliphatic heterocycles. The van der Waals surface area contributed by atoms with Crippen LogP contribution in [0.2, 0.25) is 0 Å². The molecule has 55 valence electrons. The van der Waals surface area contributed by atoms with E-state index in [-0.39, 0.29) is 39.3 Å². The van der Waals surface area contributed by atoms with Crippen molar-refractivity contribution in [3.63, 3.8) is 0 Å². The molecule has 0 rings (SSSR count). The number of aliphatic hydroxyl groups excluding tert-OH is 1. The van der Waals surface area contributed by atoms with Gasteiger partial charge >= 0.3 is 0 Å². The summed E-state index contributed by atoms with van der Waals surface area (Å²) in [7, 11) is -5.17. The van der Waals surface area contributed by atoms with Crippen LogP contribution in [0.15, 0.2) is 0 Å². The molecule has 0 saturated carbocycles. The first-order valence-corrected chi connectivity index (χ1v) is 3.02. The van der Waals surface area contributed by atoms with Crippen LogP contribution in [-0.4, -0.2) is 29.2 Å². The molecule has 0 atom stereocenters. The number of hydrogen-bond donors (Lipinski definition) is 1. The van der Waals surface area contributed by atoms with E-state index in [1.807, 2.05) is 0 Å². The zero-order valence-electron chi connectivity index (χ0n) is 4.77. The van der Waals surface area contributed by atoms with Crippen molar-refractivity contribution in [2.75, 3.05) is 6.61 Å². The van der Waals surface area contributed by atoms with Crippen LogP contribution in [0.1, 0.15) is 6.92 Å². The van der Waals surface area contributed by atoms with Gasteiger partial charge in [-0.15, -0.1) is 0 Å². The van der Waals surface area contributed by atoms with Crippen molar-refractivity contribution in [2.24, 2.45) is 0 Å². The van der Waals surface area contributed by atoms with Crippen molar-refractivity contribution in [1.82, 2.24) is 0 Å². The smallest absolute Gasteiger partial charge is 0.0402 e. The topological polar surface area (TPSA) is 100 Å². The maximum Gasteiger partial charge on any atom is 0.0402 e. The Bertz CT molecular complexity index is 109. The van der Waals surface area contributed by atoms with Crippen molar-refractivity contribution in [3.05, 3.63) is 0 Å². The molecule has 1 N–H and O–H groups in total. The summed E-state index contributed by atoms with van der Waals surface area (Å²) in [5.41, 5.74) is 0. The van der Waals surface area contributed by atoms with Crippen molar-refractivity contribution < 1.29 is 55.3 Å². The monoisotopic (exact) mass is 231 g/mol. The van der Waals surface area contributed by atoms with E-state index >= 15 is 0 Å². The third-order valence-electron chi connectivity index (χ3n) is 0. The standard InChI is InChI=1S/C2H6O.H2O4S.Y/c1-2-3;1-5(2,3)4;/h3H,2H2,1H3;(H2,1,2,3,4);/p-2. The van der Waals surface area contributed by atoms with Crippen LogP contribution in [0, 0.1) is 0 Å². The van der Waals surface area contributed by atoms with E-state index in [4.69, 9.17) is 22.6 Å². The SMILES string of the molecule is CCO.O=S(=O)([O-])[O-].[Y]. The summed E-state index contributed by atoms with van der Waals surface area (Å²) in [6.45, 7) is 1.93. The molecular formula is C2H6O5SY-2. The van der Waals surface area contributed by atoms with Crippen LogP contribution < -0.4 is 0 Å². The Kier molecular flexibility index (Phi) is 16.4. The fourth-order valence-corrected chi connectivity index (χ4v) is 0.